The van der Waals surface area contributed by atoms with E-state index in [0.717, 1.165) is 22.4 Å². The first-order valence-electron chi connectivity index (χ1n) is 10.4. The van der Waals surface area contributed by atoms with E-state index >= 15 is 0 Å². The van der Waals surface area contributed by atoms with Crippen molar-refractivity contribution in [3.05, 3.63) is 71.4 Å². The van der Waals surface area contributed by atoms with E-state index in [0.29, 0.717) is 36.6 Å². The average molecular weight is 452 g/mol. The number of sulfone groups is 1. The Morgan fingerprint density at radius 3 is 2.59 bits per heavy atom. The van der Waals surface area contributed by atoms with Crippen LogP contribution in [0.5, 0.6) is 5.75 Å². The van der Waals surface area contributed by atoms with Gasteiger partial charge in [-0.2, -0.15) is 0 Å². The van der Waals surface area contributed by atoms with Gasteiger partial charge in [0.15, 0.2) is 9.84 Å². The van der Waals surface area contributed by atoms with Crippen molar-refractivity contribution in [1.29, 1.82) is 0 Å². The van der Waals surface area contributed by atoms with Gasteiger partial charge in [0.25, 0.3) is 5.91 Å². The number of carbonyl (C=O) groups excluding carboxylic acids is 1. The summed E-state index contributed by atoms with van der Waals surface area (Å²) >= 11 is 0. The molecule has 166 valence electrons. The summed E-state index contributed by atoms with van der Waals surface area (Å²) in [4.78, 5) is 19.4. The highest BCUT2D eigenvalue weighted by atomic mass is 32.2. The number of amides is 1. The molecule has 2 N–H and O–H groups in total. The minimum Gasteiger partial charge on any atom is -0.491 e. The van der Waals surface area contributed by atoms with Crippen molar-refractivity contribution in [2.75, 3.05) is 24.6 Å². The van der Waals surface area contributed by atoms with E-state index in [2.05, 4.69) is 4.98 Å². The van der Waals surface area contributed by atoms with Crippen molar-refractivity contribution in [1.82, 2.24) is 9.88 Å². The predicted molar refractivity (Wildman–Crippen MR) is 123 cm³/mol. The van der Waals surface area contributed by atoms with Crippen molar-refractivity contribution in [2.24, 2.45) is 0 Å². The molecule has 1 amide bonds. The first kappa shape index (κ1) is 21.8. The van der Waals surface area contributed by atoms with E-state index in [1.54, 1.807) is 43.1 Å². The minimum atomic E-state index is -3.33. The maximum absolute atomic E-state index is 13.3. The number of nitrogen functional groups attached to an aromatic ring is 1. The summed E-state index contributed by atoms with van der Waals surface area (Å²) in [6.07, 6.45) is 1.72. The van der Waals surface area contributed by atoms with Gasteiger partial charge in [-0.3, -0.25) is 4.79 Å². The summed E-state index contributed by atoms with van der Waals surface area (Å²) < 4.78 is 30.2. The van der Waals surface area contributed by atoms with E-state index in [1.807, 2.05) is 24.3 Å². The van der Waals surface area contributed by atoms with E-state index in [-0.39, 0.29) is 16.6 Å². The fourth-order valence-electron chi connectivity index (χ4n) is 3.73. The Balaban J connectivity index is 1.62. The predicted octanol–water partition coefficient (Wildman–Crippen LogP) is 3.47. The van der Waals surface area contributed by atoms with Gasteiger partial charge < -0.3 is 15.4 Å². The number of nitrogens with two attached hydrogens (primary N) is 1. The first-order valence-corrected chi connectivity index (χ1v) is 12.0. The van der Waals surface area contributed by atoms with Gasteiger partial charge in [0.2, 0.25) is 0 Å². The van der Waals surface area contributed by atoms with Crippen molar-refractivity contribution >= 4 is 21.6 Å². The molecule has 0 saturated carbocycles. The molecule has 4 rings (SSSR count). The van der Waals surface area contributed by atoms with Crippen LogP contribution in [-0.4, -0.2) is 43.1 Å². The molecule has 2 heterocycles. The molecule has 0 saturated heterocycles. The summed E-state index contributed by atoms with van der Waals surface area (Å²) in [5, 5.41) is 0. The third-order valence-corrected chi connectivity index (χ3v) is 7.35. The van der Waals surface area contributed by atoms with Crippen LogP contribution in [-0.2, 0) is 16.4 Å². The molecular formula is C24H25N3O4S. The Morgan fingerprint density at radius 1 is 1.12 bits per heavy atom. The van der Waals surface area contributed by atoms with Crippen LogP contribution < -0.4 is 10.5 Å². The Morgan fingerprint density at radius 2 is 1.91 bits per heavy atom. The van der Waals surface area contributed by atoms with Gasteiger partial charge >= 0.3 is 0 Å². The van der Waals surface area contributed by atoms with E-state index in [1.165, 1.54) is 6.07 Å². The molecule has 32 heavy (non-hydrogen) atoms. The fraction of sp³-hybridized carbons (Fsp3) is 0.250. The summed E-state index contributed by atoms with van der Waals surface area (Å²) in [5.41, 5.74) is 9.59. The molecule has 8 heteroatoms. The quantitative estimate of drug-likeness (QED) is 0.652. The summed E-state index contributed by atoms with van der Waals surface area (Å²) in [5.74, 6) is 1.07. The van der Waals surface area contributed by atoms with Crippen LogP contribution >= 0.6 is 0 Å². The van der Waals surface area contributed by atoms with Gasteiger partial charge in [0.1, 0.15) is 18.2 Å². The van der Waals surface area contributed by atoms with E-state index < -0.39 is 9.84 Å². The van der Waals surface area contributed by atoms with E-state index in [9.17, 15) is 13.2 Å². The lowest BCUT2D eigenvalue weighted by Crippen LogP contribution is -2.33. The van der Waals surface area contributed by atoms with Crippen LogP contribution in [0.4, 0.5) is 5.82 Å². The summed E-state index contributed by atoms with van der Waals surface area (Å²) in [7, 11) is -3.33. The van der Waals surface area contributed by atoms with E-state index in [4.69, 9.17) is 10.5 Å². The normalized spacial score (nSPS) is 13.8. The number of hydrogen-bond acceptors (Lipinski definition) is 6. The van der Waals surface area contributed by atoms with Gasteiger partial charge in [-0.05, 0) is 60.5 Å². The number of fused-ring (bicyclic) bond motifs is 1. The van der Waals surface area contributed by atoms with Crippen LogP contribution in [0.2, 0.25) is 0 Å². The molecule has 0 radical (unpaired) electrons. The lowest BCUT2D eigenvalue weighted by molar-refractivity contribution is 0.0732. The third kappa shape index (κ3) is 4.31. The lowest BCUT2D eigenvalue weighted by atomic mass is 10.0. The smallest absolute Gasteiger partial charge is 0.254 e. The van der Waals surface area contributed by atoms with Crippen LogP contribution in [0, 0.1) is 6.92 Å². The maximum atomic E-state index is 13.3. The molecule has 2 aromatic carbocycles. The highest BCUT2D eigenvalue weighted by molar-refractivity contribution is 7.91. The molecule has 0 bridgehead atoms. The molecule has 1 aliphatic rings. The SMILES string of the molecule is CCS(=O)(=O)c1ccc(C(=O)N2CCOc3ccc(-c4ccc(N)nc4)cc3C2)c(C)c1. The Bertz CT molecular complexity index is 1270. The molecule has 3 aromatic rings. The number of rotatable bonds is 4. The number of pyridine rings is 1. The Hall–Kier alpha value is -3.39. The zero-order valence-corrected chi connectivity index (χ0v) is 18.9. The highest BCUT2D eigenvalue weighted by Gasteiger charge is 2.24. The number of benzene rings is 2. The second-order valence-electron chi connectivity index (χ2n) is 7.75. The third-order valence-electron chi connectivity index (χ3n) is 5.61. The van der Waals surface area contributed by atoms with Crippen molar-refractivity contribution in [3.8, 4) is 16.9 Å². The van der Waals surface area contributed by atoms with Crippen molar-refractivity contribution < 1.29 is 17.9 Å². The van der Waals surface area contributed by atoms with Crippen LogP contribution in [0.3, 0.4) is 0 Å². The van der Waals surface area contributed by atoms with Gasteiger partial charge in [0.05, 0.1) is 17.2 Å². The molecular weight excluding hydrogens is 426 g/mol. The highest BCUT2D eigenvalue weighted by Crippen LogP contribution is 2.30. The first-order chi connectivity index (χ1) is 15.3. The summed E-state index contributed by atoms with van der Waals surface area (Å²) in [6.45, 7) is 4.56. The van der Waals surface area contributed by atoms with Gasteiger partial charge in [-0.1, -0.05) is 13.0 Å². The van der Waals surface area contributed by atoms with Crippen LogP contribution in [0.15, 0.2) is 59.6 Å². The number of hydrogen-bond donors (Lipinski definition) is 1. The van der Waals surface area contributed by atoms with Gasteiger partial charge in [0, 0.05) is 29.4 Å². The Labute approximate surface area is 187 Å². The van der Waals surface area contributed by atoms with Crippen molar-refractivity contribution in [2.45, 2.75) is 25.3 Å². The number of aryl methyl sites for hydroxylation is 1. The molecule has 1 aromatic heterocycles. The molecule has 0 spiro atoms. The second-order valence-corrected chi connectivity index (χ2v) is 10.0. The number of carbonyl (C=O) groups is 1. The number of ether oxygens (including phenoxy) is 1. The maximum Gasteiger partial charge on any atom is 0.254 e. The average Bonchev–Trinajstić information content (AvgIpc) is 3.01. The number of aromatic nitrogens is 1. The largest absolute Gasteiger partial charge is 0.491 e. The lowest BCUT2D eigenvalue weighted by Gasteiger charge is -2.21. The van der Waals surface area contributed by atoms with Gasteiger partial charge in [-0.25, -0.2) is 13.4 Å². The van der Waals surface area contributed by atoms with Crippen LogP contribution in [0.1, 0.15) is 28.4 Å². The number of nitrogens with zero attached hydrogens (tertiary/aromatic N) is 2. The Kier molecular flexibility index (Phi) is 5.88. The second kappa shape index (κ2) is 8.63. The topological polar surface area (TPSA) is 103 Å². The van der Waals surface area contributed by atoms with Crippen molar-refractivity contribution in [3.63, 3.8) is 0 Å². The molecule has 1 aliphatic heterocycles. The fourth-order valence-corrected chi connectivity index (χ4v) is 4.69. The van der Waals surface area contributed by atoms with Gasteiger partial charge in [-0.15, -0.1) is 0 Å². The summed E-state index contributed by atoms with van der Waals surface area (Å²) in [6, 6.07) is 14.2. The zero-order chi connectivity index (χ0) is 22.9. The molecule has 0 atom stereocenters. The zero-order valence-electron chi connectivity index (χ0n) is 18.0. The molecule has 7 nitrogen and oxygen atoms in total. The monoisotopic (exact) mass is 451 g/mol. The minimum absolute atomic E-state index is 0.0197. The number of anilines is 1. The standard InChI is InChI=1S/C24H25N3O4S/c1-3-32(29,30)20-6-7-21(16(2)12-20)24(28)27-10-11-31-22-8-4-17(13-19(22)15-27)18-5-9-23(25)26-14-18/h4-9,12-14H,3,10-11,15H2,1-2H3,(H2,25,26). The van der Waals surface area contributed by atoms with Crippen LogP contribution in [0.25, 0.3) is 11.1 Å². The molecule has 0 fully saturated rings. The molecule has 0 aliphatic carbocycles. The molecule has 0 unspecified atom stereocenters.